The summed E-state index contributed by atoms with van der Waals surface area (Å²) >= 11 is 0. The fraction of sp³-hybridized carbons (Fsp3) is 0.607. The third-order valence-electron chi connectivity index (χ3n) is 9.83. The Morgan fingerprint density at radius 2 is 1.97 bits per heavy atom. The van der Waals surface area contributed by atoms with Crippen LogP contribution < -0.4 is 5.32 Å². The van der Waals surface area contributed by atoms with E-state index < -0.39 is 29.6 Å². The third-order valence-corrected chi connectivity index (χ3v) is 9.83. The molecular weight excluding hydrogens is 458 g/mol. The molecule has 5 atom stereocenters. The van der Waals surface area contributed by atoms with Gasteiger partial charge in [-0.2, -0.15) is 0 Å². The molecule has 1 aromatic carbocycles. The van der Waals surface area contributed by atoms with Gasteiger partial charge in [0.1, 0.15) is 17.7 Å². The van der Waals surface area contributed by atoms with E-state index in [0.29, 0.717) is 25.3 Å². The van der Waals surface area contributed by atoms with Gasteiger partial charge >= 0.3 is 12.1 Å². The van der Waals surface area contributed by atoms with Crippen molar-refractivity contribution < 1.29 is 24.2 Å². The summed E-state index contributed by atoms with van der Waals surface area (Å²) in [4.78, 5) is 43.7. The molecule has 8 nitrogen and oxygen atoms in total. The van der Waals surface area contributed by atoms with Crippen molar-refractivity contribution in [2.24, 2.45) is 16.7 Å². The number of aliphatic carboxylic acids is 1. The number of amides is 2. The predicted octanol–water partition coefficient (Wildman–Crippen LogP) is 4.49. The van der Waals surface area contributed by atoms with Gasteiger partial charge in [-0.15, -0.1) is 0 Å². The van der Waals surface area contributed by atoms with Gasteiger partial charge in [0.15, 0.2) is 0 Å². The van der Waals surface area contributed by atoms with Gasteiger partial charge in [0.05, 0.1) is 0 Å². The van der Waals surface area contributed by atoms with Crippen LogP contribution in [0.3, 0.4) is 0 Å². The summed E-state index contributed by atoms with van der Waals surface area (Å²) in [6.07, 6.45) is 5.25. The lowest BCUT2D eigenvalue weighted by Crippen LogP contribution is -2.61. The lowest BCUT2D eigenvalue weighted by atomic mass is 9.70. The van der Waals surface area contributed by atoms with E-state index in [-0.39, 0.29) is 23.4 Å². The minimum Gasteiger partial charge on any atom is -0.480 e. The SMILES string of the molecule is CC1(C)C2CCC1(C)C(OC(=O)N[C@](C)(Cc1c[nH]c3ccccc13)C(=O)N1CCC[C@H]1C(=O)O)C2. The molecule has 5 rings (SSSR count). The first-order valence-electron chi connectivity index (χ1n) is 13.0. The molecule has 3 N–H and O–H groups in total. The molecule has 1 aromatic heterocycles. The first kappa shape index (κ1) is 24.7. The van der Waals surface area contributed by atoms with Crippen LogP contribution in [0.25, 0.3) is 10.9 Å². The predicted molar refractivity (Wildman–Crippen MR) is 135 cm³/mol. The molecule has 0 spiro atoms. The van der Waals surface area contributed by atoms with Crippen LogP contribution in [0.2, 0.25) is 0 Å². The Morgan fingerprint density at radius 1 is 1.22 bits per heavy atom. The fourth-order valence-electron chi connectivity index (χ4n) is 7.11. The van der Waals surface area contributed by atoms with Crippen molar-refractivity contribution in [3.05, 3.63) is 36.0 Å². The molecule has 194 valence electrons. The zero-order valence-electron chi connectivity index (χ0n) is 21.6. The highest BCUT2D eigenvalue weighted by Gasteiger charge is 2.63. The Balaban J connectivity index is 1.41. The first-order valence-corrected chi connectivity index (χ1v) is 13.0. The molecule has 2 heterocycles. The molecule has 1 aliphatic heterocycles. The van der Waals surface area contributed by atoms with E-state index in [1.807, 2.05) is 30.5 Å². The smallest absolute Gasteiger partial charge is 0.408 e. The normalized spacial score (nSPS) is 30.3. The fourth-order valence-corrected chi connectivity index (χ4v) is 7.11. The average molecular weight is 496 g/mol. The molecule has 8 heteroatoms. The number of carboxylic acid groups (broad SMARTS) is 1. The molecule has 2 saturated carbocycles. The van der Waals surface area contributed by atoms with Crippen molar-refractivity contribution in [3.63, 3.8) is 0 Å². The van der Waals surface area contributed by atoms with Crippen LogP contribution in [0.5, 0.6) is 0 Å². The number of fused-ring (bicyclic) bond motifs is 3. The number of hydrogen-bond acceptors (Lipinski definition) is 4. The first-order chi connectivity index (χ1) is 17.0. The number of benzene rings is 1. The number of rotatable bonds is 6. The van der Waals surface area contributed by atoms with Crippen molar-refractivity contribution in [3.8, 4) is 0 Å². The number of alkyl carbamates (subject to hydrolysis) is 1. The van der Waals surface area contributed by atoms with Gasteiger partial charge in [0.2, 0.25) is 5.91 Å². The summed E-state index contributed by atoms with van der Waals surface area (Å²) in [6.45, 7) is 8.76. The molecule has 2 bridgehead atoms. The van der Waals surface area contributed by atoms with Gasteiger partial charge < -0.3 is 25.0 Å². The van der Waals surface area contributed by atoms with Crippen LogP contribution in [0, 0.1) is 16.7 Å². The maximum Gasteiger partial charge on any atom is 0.408 e. The van der Waals surface area contributed by atoms with Crippen LogP contribution in [-0.4, -0.2) is 57.2 Å². The van der Waals surface area contributed by atoms with Gasteiger partial charge in [0.25, 0.3) is 0 Å². The van der Waals surface area contributed by atoms with Crippen LogP contribution >= 0.6 is 0 Å². The van der Waals surface area contributed by atoms with Crippen molar-refractivity contribution in [2.75, 3.05) is 6.54 Å². The van der Waals surface area contributed by atoms with Gasteiger partial charge in [-0.3, -0.25) is 4.79 Å². The van der Waals surface area contributed by atoms with Crippen LogP contribution in [0.4, 0.5) is 4.79 Å². The van der Waals surface area contributed by atoms with E-state index in [4.69, 9.17) is 4.74 Å². The number of aromatic amines is 1. The van der Waals surface area contributed by atoms with Crippen LogP contribution in [0.1, 0.15) is 65.4 Å². The van der Waals surface area contributed by atoms with E-state index in [0.717, 1.165) is 35.7 Å². The number of hydrogen-bond donors (Lipinski definition) is 3. The highest BCUT2D eigenvalue weighted by Crippen LogP contribution is 2.66. The zero-order chi connectivity index (χ0) is 25.9. The van der Waals surface area contributed by atoms with Crippen LogP contribution in [-0.2, 0) is 20.7 Å². The van der Waals surface area contributed by atoms with Gasteiger partial charge in [-0.05, 0) is 62.0 Å². The standard InChI is InChI=1S/C28H37N3O5/c1-26(2)18-11-12-27(26,3)22(14-18)36-25(35)30-28(4,24(34)31-13-7-10-21(31)23(32)33)15-17-16-29-20-9-6-5-8-19(17)20/h5-6,8-9,16,18,21-22,29H,7,10-15H2,1-4H3,(H,30,35)(H,32,33)/t18?,21-,22?,27?,28+/m0/s1. The largest absolute Gasteiger partial charge is 0.480 e. The average Bonchev–Trinajstić information content (AvgIpc) is 3.55. The van der Waals surface area contributed by atoms with Crippen molar-refractivity contribution in [1.82, 2.24) is 15.2 Å². The Morgan fingerprint density at radius 3 is 2.64 bits per heavy atom. The topological polar surface area (TPSA) is 112 Å². The van der Waals surface area contributed by atoms with E-state index in [1.165, 1.54) is 4.90 Å². The number of nitrogens with zero attached hydrogens (tertiary/aromatic N) is 1. The van der Waals surface area contributed by atoms with E-state index in [2.05, 4.69) is 31.1 Å². The lowest BCUT2D eigenvalue weighted by molar-refractivity contribution is -0.150. The maximum absolute atomic E-state index is 13.9. The number of carboxylic acids is 1. The van der Waals surface area contributed by atoms with Gasteiger partial charge in [0, 0.05) is 35.5 Å². The number of H-pyrrole nitrogens is 1. The number of para-hydroxylation sites is 1. The number of ether oxygens (including phenoxy) is 1. The summed E-state index contributed by atoms with van der Waals surface area (Å²) in [6, 6.07) is 6.90. The number of aromatic nitrogens is 1. The van der Waals surface area contributed by atoms with Gasteiger partial charge in [-0.25, -0.2) is 9.59 Å². The van der Waals surface area contributed by atoms with Crippen molar-refractivity contribution >= 4 is 28.9 Å². The molecule has 3 fully saturated rings. The third kappa shape index (κ3) is 3.76. The molecule has 0 radical (unpaired) electrons. The van der Waals surface area contributed by atoms with E-state index >= 15 is 0 Å². The van der Waals surface area contributed by atoms with Gasteiger partial charge in [-0.1, -0.05) is 39.0 Å². The second-order valence-electron chi connectivity index (χ2n) is 12.0. The second-order valence-corrected chi connectivity index (χ2v) is 12.0. The molecule has 2 aliphatic carbocycles. The molecule has 2 amide bonds. The maximum atomic E-state index is 13.9. The number of nitrogens with one attached hydrogen (secondary N) is 2. The Kier molecular flexibility index (Phi) is 5.84. The minimum atomic E-state index is -1.37. The zero-order valence-corrected chi connectivity index (χ0v) is 21.6. The molecule has 1 saturated heterocycles. The van der Waals surface area contributed by atoms with E-state index in [9.17, 15) is 19.5 Å². The lowest BCUT2D eigenvalue weighted by Gasteiger charge is -2.39. The monoisotopic (exact) mass is 495 g/mol. The van der Waals surface area contributed by atoms with Crippen molar-refractivity contribution in [2.45, 2.75) is 83.9 Å². The summed E-state index contributed by atoms with van der Waals surface area (Å²) < 4.78 is 6.03. The van der Waals surface area contributed by atoms with Crippen LogP contribution in [0.15, 0.2) is 30.5 Å². The quantitative estimate of drug-likeness (QED) is 0.547. The number of likely N-dealkylation sites (tertiary alicyclic amines) is 1. The minimum absolute atomic E-state index is 0.0887. The molecule has 2 aromatic rings. The summed E-state index contributed by atoms with van der Waals surface area (Å²) in [5, 5.41) is 13.6. The highest BCUT2D eigenvalue weighted by atomic mass is 16.6. The van der Waals surface area contributed by atoms with Crippen molar-refractivity contribution in [1.29, 1.82) is 0 Å². The second kappa shape index (κ2) is 8.53. The Labute approximate surface area is 211 Å². The number of carbonyl (C=O) groups excluding carboxylic acids is 2. The highest BCUT2D eigenvalue weighted by molar-refractivity contribution is 5.94. The molecule has 36 heavy (non-hydrogen) atoms. The molecular formula is C28H37N3O5. The molecule has 3 aliphatic rings. The summed E-state index contributed by atoms with van der Waals surface area (Å²) in [5.41, 5.74) is 0.433. The van der Waals surface area contributed by atoms with E-state index in [1.54, 1.807) is 6.92 Å². The Hall–Kier alpha value is -3.03. The summed E-state index contributed by atoms with van der Waals surface area (Å²) in [5.74, 6) is -0.899. The summed E-state index contributed by atoms with van der Waals surface area (Å²) in [7, 11) is 0. The Bertz CT molecular complexity index is 1200. The number of carbonyl (C=O) groups is 3. The molecule has 3 unspecified atom stereocenters.